The zero-order valence-corrected chi connectivity index (χ0v) is 11.2. The Labute approximate surface area is 110 Å². The molecule has 0 amide bonds. The monoisotopic (exact) mass is 268 g/mol. The van der Waals surface area contributed by atoms with Gasteiger partial charge in [0.15, 0.2) is 5.13 Å². The minimum atomic E-state index is -0.211. The molecule has 0 aliphatic heterocycles. The van der Waals surface area contributed by atoms with E-state index in [1.165, 1.54) is 23.5 Å². The van der Waals surface area contributed by atoms with Crippen LogP contribution in [0.2, 0.25) is 0 Å². The Kier molecular flexibility index (Phi) is 4.90. The van der Waals surface area contributed by atoms with E-state index in [4.69, 9.17) is 4.74 Å². The number of rotatable bonds is 7. The van der Waals surface area contributed by atoms with Crippen molar-refractivity contribution < 1.29 is 9.13 Å². The molecule has 0 spiro atoms. The van der Waals surface area contributed by atoms with Crippen molar-refractivity contribution in [1.29, 1.82) is 0 Å². The van der Waals surface area contributed by atoms with Crippen LogP contribution in [0, 0.1) is 5.82 Å². The molecule has 2 aromatic rings. The van der Waals surface area contributed by atoms with Crippen molar-refractivity contribution in [3.8, 4) is 0 Å². The van der Waals surface area contributed by atoms with Crippen LogP contribution in [0.3, 0.4) is 0 Å². The zero-order chi connectivity index (χ0) is 12.8. The third-order valence-corrected chi connectivity index (χ3v) is 3.63. The minimum Gasteiger partial charge on any atom is -0.385 e. The topological polar surface area (TPSA) is 34.1 Å². The Morgan fingerprint density at radius 3 is 3.06 bits per heavy atom. The van der Waals surface area contributed by atoms with Gasteiger partial charge < -0.3 is 10.1 Å². The van der Waals surface area contributed by atoms with Crippen LogP contribution in [0.5, 0.6) is 0 Å². The van der Waals surface area contributed by atoms with E-state index in [0.29, 0.717) is 0 Å². The smallest absolute Gasteiger partial charge is 0.183 e. The number of ether oxygens (including phenoxy) is 1. The van der Waals surface area contributed by atoms with Crippen LogP contribution in [-0.4, -0.2) is 25.2 Å². The average molecular weight is 268 g/mol. The maximum absolute atomic E-state index is 13.0. The quantitative estimate of drug-likeness (QED) is 0.778. The van der Waals surface area contributed by atoms with E-state index < -0.39 is 0 Å². The Hall–Kier alpha value is -1.20. The summed E-state index contributed by atoms with van der Waals surface area (Å²) in [4.78, 5) is 4.40. The molecule has 0 unspecified atom stereocenters. The SMILES string of the molecule is COCCCCCNc1nc2ccc(F)cc2s1. The van der Waals surface area contributed by atoms with E-state index in [1.807, 2.05) is 0 Å². The lowest BCUT2D eigenvalue weighted by Gasteiger charge is -2.01. The Morgan fingerprint density at radius 1 is 1.33 bits per heavy atom. The summed E-state index contributed by atoms with van der Waals surface area (Å²) in [6.45, 7) is 1.71. The van der Waals surface area contributed by atoms with Gasteiger partial charge >= 0.3 is 0 Å². The van der Waals surface area contributed by atoms with Gasteiger partial charge in [-0.25, -0.2) is 9.37 Å². The summed E-state index contributed by atoms with van der Waals surface area (Å²) in [5, 5.41) is 4.14. The van der Waals surface area contributed by atoms with E-state index >= 15 is 0 Å². The van der Waals surface area contributed by atoms with Crippen molar-refractivity contribution >= 4 is 26.7 Å². The van der Waals surface area contributed by atoms with E-state index in [-0.39, 0.29) is 5.82 Å². The standard InChI is InChI=1S/C13H17FN2OS/c1-17-8-4-2-3-7-15-13-16-11-6-5-10(14)9-12(11)18-13/h5-6,9H,2-4,7-8H2,1H3,(H,15,16). The molecule has 0 atom stereocenters. The number of fused-ring (bicyclic) bond motifs is 1. The van der Waals surface area contributed by atoms with Crippen LogP contribution in [0.25, 0.3) is 10.2 Å². The molecule has 5 heteroatoms. The fourth-order valence-corrected chi connectivity index (χ4v) is 2.63. The molecule has 2 rings (SSSR count). The van der Waals surface area contributed by atoms with Crippen LogP contribution in [-0.2, 0) is 4.74 Å². The molecule has 18 heavy (non-hydrogen) atoms. The average Bonchev–Trinajstić information content (AvgIpc) is 2.75. The van der Waals surface area contributed by atoms with Crippen LogP contribution < -0.4 is 5.32 Å². The molecule has 1 heterocycles. The maximum Gasteiger partial charge on any atom is 0.183 e. The van der Waals surface area contributed by atoms with E-state index in [2.05, 4.69) is 10.3 Å². The molecule has 0 radical (unpaired) electrons. The second-order valence-corrected chi connectivity index (χ2v) is 5.14. The Bertz CT molecular complexity index is 501. The highest BCUT2D eigenvalue weighted by Gasteiger charge is 2.03. The molecule has 0 bridgehead atoms. The Morgan fingerprint density at radius 2 is 2.22 bits per heavy atom. The lowest BCUT2D eigenvalue weighted by molar-refractivity contribution is 0.192. The molecule has 0 saturated heterocycles. The first kappa shape index (κ1) is 13.2. The summed E-state index contributed by atoms with van der Waals surface area (Å²) in [7, 11) is 1.72. The van der Waals surface area contributed by atoms with E-state index in [9.17, 15) is 4.39 Å². The van der Waals surface area contributed by atoms with Crippen molar-refractivity contribution in [2.24, 2.45) is 0 Å². The van der Waals surface area contributed by atoms with Gasteiger partial charge in [0.1, 0.15) is 5.82 Å². The molecule has 0 aliphatic carbocycles. The summed E-state index contributed by atoms with van der Waals surface area (Å²) >= 11 is 1.49. The van der Waals surface area contributed by atoms with Crippen LogP contribution in [0.4, 0.5) is 9.52 Å². The van der Waals surface area contributed by atoms with Crippen molar-refractivity contribution in [3.05, 3.63) is 24.0 Å². The second kappa shape index (κ2) is 6.66. The van der Waals surface area contributed by atoms with Crippen LogP contribution in [0.15, 0.2) is 18.2 Å². The number of hydrogen-bond donors (Lipinski definition) is 1. The number of hydrogen-bond acceptors (Lipinski definition) is 4. The first-order valence-electron chi connectivity index (χ1n) is 6.08. The summed E-state index contributed by atoms with van der Waals surface area (Å²) in [6, 6.07) is 4.68. The number of benzene rings is 1. The van der Waals surface area contributed by atoms with Gasteiger partial charge in [-0.15, -0.1) is 0 Å². The zero-order valence-electron chi connectivity index (χ0n) is 10.4. The van der Waals surface area contributed by atoms with Crippen LogP contribution in [0.1, 0.15) is 19.3 Å². The van der Waals surface area contributed by atoms with E-state index in [1.54, 1.807) is 13.2 Å². The Balaban J connectivity index is 1.81. The molecule has 1 N–H and O–H groups in total. The number of methoxy groups -OCH3 is 1. The predicted octanol–water partition coefficient (Wildman–Crippen LogP) is 3.66. The molecular formula is C13H17FN2OS. The predicted molar refractivity (Wildman–Crippen MR) is 73.8 cm³/mol. The molecular weight excluding hydrogens is 251 g/mol. The van der Waals surface area contributed by atoms with Gasteiger partial charge in [0, 0.05) is 20.3 Å². The third kappa shape index (κ3) is 3.65. The number of nitrogens with one attached hydrogen (secondary N) is 1. The highest BCUT2D eigenvalue weighted by molar-refractivity contribution is 7.22. The third-order valence-electron chi connectivity index (χ3n) is 2.65. The summed E-state index contributed by atoms with van der Waals surface area (Å²) < 4.78 is 18.9. The van der Waals surface area contributed by atoms with Crippen molar-refractivity contribution in [2.45, 2.75) is 19.3 Å². The largest absolute Gasteiger partial charge is 0.385 e. The van der Waals surface area contributed by atoms with Gasteiger partial charge in [-0.05, 0) is 37.5 Å². The van der Waals surface area contributed by atoms with Gasteiger partial charge in [0.2, 0.25) is 0 Å². The molecule has 0 fully saturated rings. The highest BCUT2D eigenvalue weighted by atomic mass is 32.1. The second-order valence-electron chi connectivity index (χ2n) is 4.11. The molecule has 98 valence electrons. The number of aromatic nitrogens is 1. The number of unbranched alkanes of at least 4 members (excludes halogenated alkanes) is 2. The van der Waals surface area contributed by atoms with Gasteiger partial charge in [-0.3, -0.25) is 0 Å². The summed E-state index contributed by atoms with van der Waals surface area (Å²) in [6.07, 6.45) is 3.32. The lowest BCUT2D eigenvalue weighted by Crippen LogP contribution is -2.01. The summed E-state index contributed by atoms with van der Waals surface area (Å²) in [5.41, 5.74) is 0.850. The van der Waals surface area contributed by atoms with Gasteiger partial charge in [-0.1, -0.05) is 11.3 Å². The number of anilines is 1. The number of halogens is 1. The maximum atomic E-state index is 13.0. The van der Waals surface area contributed by atoms with Gasteiger partial charge in [-0.2, -0.15) is 0 Å². The first-order chi connectivity index (χ1) is 8.79. The molecule has 0 aliphatic rings. The van der Waals surface area contributed by atoms with Crippen molar-refractivity contribution in [2.75, 3.05) is 25.6 Å². The molecule has 1 aromatic heterocycles. The highest BCUT2D eigenvalue weighted by Crippen LogP contribution is 2.26. The summed E-state index contributed by atoms with van der Waals surface area (Å²) in [5.74, 6) is -0.211. The molecule has 0 saturated carbocycles. The van der Waals surface area contributed by atoms with Crippen LogP contribution >= 0.6 is 11.3 Å². The molecule has 3 nitrogen and oxygen atoms in total. The van der Waals surface area contributed by atoms with Crippen molar-refractivity contribution in [1.82, 2.24) is 4.98 Å². The minimum absolute atomic E-state index is 0.211. The van der Waals surface area contributed by atoms with E-state index in [0.717, 1.165) is 47.8 Å². The van der Waals surface area contributed by atoms with Crippen molar-refractivity contribution in [3.63, 3.8) is 0 Å². The van der Waals surface area contributed by atoms with Gasteiger partial charge in [0.25, 0.3) is 0 Å². The number of thiazole rings is 1. The normalized spacial score (nSPS) is 11.0. The van der Waals surface area contributed by atoms with Gasteiger partial charge in [0.05, 0.1) is 10.2 Å². The first-order valence-corrected chi connectivity index (χ1v) is 6.90. The lowest BCUT2D eigenvalue weighted by atomic mass is 10.2. The fraction of sp³-hybridized carbons (Fsp3) is 0.462. The fourth-order valence-electron chi connectivity index (χ4n) is 1.72. The molecule has 1 aromatic carbocycles. The number of nitrogens with zero attached hydrogens (tertiary/aromatic N) is 1.